The van der Waals surface area contributed by atoms with Gasteiger partial charge in [0.05, 0.1) is 12.5 Å². The van der Waals surface area contributed by atoms with Gasteiger partial charge in [-0.25, -0.2) is 4.98 Å². The van der Waals surface area contributed by atoms with Gasteiger partial charge in [0.15, 0.2) is 0 Å². The Bertz CT molecular complexity index is 494. The number of nitrogens with zero attached hydrogens (tertiary/aromatic N) is 3. The summed E-state index contributed by atoms with van der Waals surface area (Å²) in [4.78, 5) is 18.3. The number of hydrogen-bond acceptors (Lipinski definition) is 3. The summed E-state index contributed by atoms with van der Waals surface area (Å²) < 4.78 is 0. The van der Waals surface area contributed by atoms with E-state index < -0.39 is 0 Å². The molecule has 0 radical (unpaired) electrons. The molecule has 1 aromatic heterocycles. The molecule has 0 saturated heterocycles. The number of hydrogen-bond donors (Lipinski definition) is 0. The summed E-state index contributed by atoms with van der Waals surface area (Å²) >= 11 is 5.93. The van der Waals surface area contributed by atoms with E-state index in [1.165, 1.54) is 0 Å². The molecule has 0 aliphatic rings. The fourth-order valence-electron chi connectivity index (χ4n) is 1.79. The number of pyridine rings is 1. The molecule has 1 amide bonds. The molecule has 0 aromatic carbocycles. The maximum atomic E-state index is 12.4. The highest BCUT2D eigenvalue weighted by molar-refractivity contribution is 6.29. The average molecular weight is 280 g/mol. The van der Waals surface area contributed by atoms with Crippen molar-refractivity contribution in [2.75, 3.05) is 6.54 Å². The summed E-state index contributed by atoms with van der Waals surface area (Å²) in [6, 6.07) is 5.43. The largest absolute Gasteiger partial charge is 0.335 e. The number of carbonyl (C=O) groups excluding carboxylic acids is 1. The van der Waals surface area contributed by atoms with Crippen molar-refractivity contribution in [3.05, 3.63) is 28.5 Å². The van der Waals surface area contributed by atoms with Crippen LogP contribution in [0, 0.1) is 11.3 Å². The van der Waals surface area contributed by atoms with Gasteiger partial charge in [-0.1, -0.05) is 18.5 Å². The first-order valence-electron chi connectivity index (χ1n) is 6.34. The van der Waals surface area contributed by atoms with Gasteiger partial charge in [-0.3, -0.25) is 4.79 Å². The van der Waals surface area contributed by atoms with Crippen molar-refractivity contribution < 1.29 is 4.79 Å². The number of aryl methyl sites for hydroxylation is 1. The lowest BCUT2D eigenvalue weighted by Crippen LogP contribution is -2.37. The minimum absolute atomic E-state index is 0.0397. The van der Waals surface area contributed by atoms with Gasteiger partial charge in [0.25, 0.3) is 5.91 Å². The first-order chi connectivity index (χ1) is 8.99. The van der Waals surface area contributed by atoms with E-state index in [9.17, 15) is 4.79 Å². The maximum Gasteiger partial charge on any atom is 0.254 e. The van der Waals surface area contributed by atoms with Crippen molar-refractivity contribution in [3.63, 3.8) is 0 Å². The van der Waals surface area contributed by atoms with Crippen LogP contribution in [0.15, 0.2) is 12.1 Å². The third-order valence-corrected chi connectivity index (χ3v) is 3.00. The molecule has 0 atom stereocenters. The minimum Gasteiger partial charge on any atom is -0.335 e. The number of carbonyl (C=O) groups is 1. The molecule has 0 N–H and O–H groups in total. The van der Waals surface area contributed by atoms with E-state index >= 15 is 0 Å². The summed E-state index contributed by atoms with van der Waals surface area (Å²) in [5.74, 6) is -0.107. The molecule has 0 aliphatic carbocycles. The molecule has 0 bridgehead atoms. The van der Waals surface area contributed by atoms with E-state index in [1.807, 2.05) is 20.8 Å². The molecule has 5 heteroatoms. The zero-order valence-corrected chi connectivity index (χ0v) is 12.2. The van der Waals surface area contributed by atoms with Crippen LogP contribution in [0.4, 0.5) is 0 Å². The Labute approximate surface area is 119 Å². The lowest BCUT2D eigenvalue weighted by atomic mass is 10.1. The van der Waals surface area contributed by atoms with Crippen LogP contribution in [0.2, 0.25) is 5.15 Å². The van der Waals surface area contributed by atoms with Gasteiger partial charge in [0.1, 0.15) is 5.15 Å². The predicted octanol–water partition coefficient (Wildman–Crippen LogP) is 3.06. The van der Waals surface area contributed by atoms with Crippen LogP contribution in [0.5, 0.6) is 0 Å². The van der Waals surface area contributed by atoms with Crippen molar-refractivity contribution in [2.45, 2.75) is 39.7 Å². The van der Waals surface area contributed by atoms with Crippen LogP contribution in [0.3, 0.4) is 0 Å². The van der Waals surface area contributed by atoms with Gasteiger partial charge in [0, 0.05) is 23.8 Å². The average Bonchev–Trinajstić information content (AvgIpc) is 2.37. The number of nitriles is 1. The number of halogens is 1. The van der Waals surface area contributed by atoms with E-state index in [0.717, 1.165) is 12.1 Å². The second-order valence-corrected chi connectivity index (χ2v) is 4.91. The Kier molecular flexibility index (Phi) is 5.78. The van der Waals surface area contributed by atoms with E-state index in [-0.39, 0.29) is 11.9 Å². The summed E-state index contributed by atoms with van der Waals surface area (Å²) in [7, 11) is 0. The van der Waals surface area contributed by atoms with Gasteiger partial charge in [-0.15, -0.1) is 0 Å². The SMILES string of the molecule is CCc1cc(C(=O)N(CCC#N)C(C)C)cc(Cl)n1. The van der Waals surface area contributed by atoms with Crippen LogP contribution < -0.4 is 0 Å². The molecule has 0 saturated carbocycles. The van der Waals surface area contributed by atoms with Gasteiger partial charge in [0.2, 0.25) is 0 Å². The highest BCUT2D eigenvalue weighted by Gasteiger charge is 2.19. The number of rotatable bonds is 5. The summed E-state index contributed by atoms with van der Waals surface area (Å²) in [5, 5.41) is 8.98. The molecular formula is C14H18ClN3O. The molecular weight excluding hydrogens is 262 g/mol. The van der Waals surface area contributed by atoms with Crippen molar-refractivity contribution in [1.82, 2.24) is 9.88 Å². The number of aromatic nitrogens is 1. The molecule has 19 heavy (non-hydrogen) atoms. The quantitative estimate of drug-likeness (QED) is 0.778. The summed E-state index contributed by atoms with van der Waals surface area (Å²) in [6.07, 6.45) is 1.05. The molecule has 0 spiro atoms. The molecule has 1 heterocycles. The molecule has 1 rings (SSSR count). The molecule has 0 unspecified atom stereocenters. The smallest absolute Gasteiger partial charge is 0.254 e. The Morgan fingerprint density at radius 2 is 2.21 bits per heavy atom. The van der Waals surface area contributed by atoms with Crippen molar-refractivity contribution >= 4 is 17.5 Å². The van der Waals surface area contributed by atoms with Crippen LogP contribution in [-0.2, 0) is 6.42 Å². The molecule has 102 valence electrons. The zero-order valence-electron chi connectivity index (χ0n) is 11.5. The lowest BCUT2D eigenvalue weighted by molar-refractivity contribution is 0.0710. The topological polar surface area (TPSA) is 57.0 Å². The standard InChI is InChI=1S/C14H18ClN3O/c1-4-12-8-11(9-13(15)17-12)14(19)18(10(2)3)7-5-6-16/h8-10H,4-5,7H2,1-3H3. The molecule has 0 fully saturated rings. The normalized spacial score (nSPS) is 10.3. The Balaban J connectivity index is 3.02. The number of amides is 1. The summed E-state index contributed by atoms with van der Waals surface area (Å²) in [5.41, 5.74) is 1.32. The van der Waals surface area contributed by atoms with Crippen LogP contribution >= 0.6 is 11.6 Å². The van der Waals surface area contributed by atoms with Crippen LogP contribution in [-0.4, -0.2) is 28.4 Å². The van der Waals surface area contributed by atoms with E-state index in [1.54, 1.807) is 17.0 Å². The van der Waals surface area contributed by atoms with E-state index in [0.29, 0.717) is 23.7 Å². The van der Waals surface area contributed by atoms with Crippen molar-refractivity contribution in [3.8, 4) is 6.07 Å². The van der Waals surface area contributed by atoms with E-state index in [4.69, 9.17) is 16.9 Å². The summed E-state index contributed by atoms with van der Waals surface area (Å²) in [6.45, 7) is 6.24. The van der Waals surface area contributed by atoms with Crippen molar-refractivity contribution in [1.29, 1.82) is 5.26 Å². The minimum atomic E-state index is -0.107. The Morgan fingerprint density at radius 1 is 1.53 bits per heavy atom. The van der Waals surface area contributed by atoms with Gasteiger partial charge in [-0.2, -0.15) is 5.26 Å². The first kappa shape index (κ1) is 15.5. The Hall–Kier alpha value is -1.60. The van der Waals surface area contributed by atoms with Crippen molar-refractivity contribution in [2.24, 2.45) is 0 Å². The van der Waals surface area contributed by atoms with Gasteiger partial charge < -0.3 is 4.90 Å². The fourth-order valence-corrected chi connectivity index (χ4v) is 2.01. The predicted molar refractivity (Wildman–Crippen MR) is 75.0 cm³/mol. The van der Waals surface area contributed by atoms with E-state index in [2.05, 4.69) is 11.1 Å². The maximum absolute atomic E-state index is 12.4. The lowest BCUT2D eigenvalue weighted by Gasteiger charge is -2.26. The van der Waals surface area contributed by atoms with Gasteiger partial charge in [-0.05, 0) is 32.4 Å². The monoisotopic (exact) mass is 279 g/mol. The highest BCUT2D eigenvalue weighted by Crippen LogP contribution is 2.15. The second-order valence-electron chi connectivity index (χ2n) is 4.52. The molecule has 4 nitrogen and oxygen atoms in total. The zero-order chi connectivity index (χ0) is 14.4. The van der Waals surface area contributed by atoms with Crippen LogP contribution in [0.1, 0.15) is 43.2 Å². The third kappa shape index (κ3) is 4.22. The van der Waals surface area contributed by atoms with Crippen LogP contribution in [0.25, 0.3) is 0 Å². The van der Waals surface area contributed by atoms with Gasteiger partial charge >= 0.3 is 0 Å². The fraction of sp³-hybridized carbons (Fsp3) is 0.500. The molecule has 0 aliphatic heterocycles. The Morgan fingerprint density at radius 3 is 2.74 bits per heavy atom. The second kappa shape index (κ2) is 7.10. The first-order valence-corrected chi connectivity index (χ1v) is 6.71. The molecule has 1 aromatic rings. The third-order valence-electron chi connectivity index (χ3n) is 2.81. The highest BCUT2D eigenvalue weighted by atomic mass is 35.5.